The lowest BCUT2D eigenvalue weighted by Gasteiger charge is -2.21. The van der Waals surface area contributed by atoms with Crippen molar-refractivity contribution in [2.24, 2.45) is 22.9 Å². The fourth-order valence-electron chi connectivity index (χ4n) is 5.44. The van der Waals surface area contributed by atoms with Gasteiger partial charge in [-0.1, -0.05) is 24.6 Å². The largest absolute Gasteiger partial charge is 0.494 e. The summed E-state index contributed by atoms with van der Waals surface area (Å²) in [5.41, 5.74) is 6.96. The summed E-state index contributed by atoms with van der Waals surface area (Å²) in [5, 5.41) is 5.35. The fraction of sp³-hybridized carbons (Fsp3) is 0.370. The van der Waals surface area contributed by atoms with Gasteiger partial charge in [-0.25, -0.2) is 10.4 Å². The Bertz CT molecular complexity index is 1170. The van der Waals surface area contributed by atoms with E-state index in [9.17, 15) is 4.79 Å². The first-order chi connectivity index (χ1) is 15.6. The quantitative estimate of drug-likeness (QED) is 0.397. The summed E-state index contributed by atoms with van der Waals surface area (Å²) in [7, 11) is 0. The molecule has 0 radical (unpaired) electrons. The van der Waals surface area contributed by atoms with Crippen LogP contribution in [0.3, 0.4) is 0 Å². The first-order valence-electron chi connectivity index (χ1n) is 11.6. The molecule has 1 N–H and O–H groups in total. The molecular weight excluding hydrogens is 398 g/mol. The predicted molar refractivity (Wildman–Crippen MR) is 128 cm³/mol. The van der Waals surface area contributed by atoms with Crippen LogP contribution in [0, 0.1) is 17.8 Å². The third kappa shape index (κ3) is 3.99. The molecule has 32 heavy (non-hydrogen) atoms. The zero-order valence-corrected chi connectivity index (χ0v) is 18.7. The molecule has 0 aliphatic heterocycles. The van der Waals surface area contributed by atoms with Crippen LogP contribution < -0.4 is 10.2 Å². The van der Waals surface area contributed by atoms with Gasteiger partial charge in [0, 0.05) is 22.6 Å². The van der Waals surface area contributed by atoms with E-state index >= 15 is 0 Å². The molecule has 2 fully saturated rings. The standard InChI is InChI=1S/C27H29N3O2/c1-3-32-21-12-10-19(11-13-21)26-16-24(22-6-4-5-7-25(22)28-26)27(31)30-29-17(2)23-15-18-8-9-20(23)14-18/h4-7,10-13,16,18,20,23H,3,8-9,14-15H2,1-2H3,(H,30,31)/b29-17+. The van der Waals surface area contributed by atoms with Crippen LogP contribution in [0.15, 0.2) is 59.7 Å². The second-order valence-electron chi connectivity index (χ2n) is 9.01. The van der Waals surface area contributed by atoms with Crippen LogP contribution >= 0.6 is 0 Å². The van der Waals surface area contributed by atoms with Crippen molar-refractivity contribution in [2.75, 3.05) is 6.61 Å². The molecule has 2 saturated carbocycles. The second-order valence-corrected chi connectivity index (χ2v) is 9.01. The lowest BCUT2D eigenvalue weighted by atomic mass is 9.86. The number of benzene rings is 2. The Balaban J connectivity index is 1.43. The van der Waals surface area contributed by atoms with E-state index in [2.05, 4.69) is 17.5 Å². The van der Waals surface area contributed by atoms with Crippen LogP contribution in [0.25, 0.3) is 22.2 Å². The molecule has 0 spiro atoms. The Morgan fingerprint density at radius 2 is 1.94 bits per heavy atom. The van der Waals surface area contributed by atoms with Gasteiger partial charge in [0.15, 0.2) is 0 Å². The minimum Gasteiger partial charge on any atom is -0.494 e. The summed E-state index contributed by atoms with van der Waals surface area (Å²) in [6.45, 7) is 4.65. The Kier molecular flexibility index (Phi) is 5.64. The number of nitrogens with one attached hydrogen (secondary N) is 1. The van der Waals surface area contributed by atoms with Gasteiger partial charge in [-0.2, -0.15) is 5.10 Å². The monoisotopic (exact) mass is 427 g/mol. The molecule has 0 saturated heterocycles. The summed E-state index contributed by atoms with van der Waals surface area (Å²) >= 11 is 0. The highest BCUT2D eigenvalue weighted by molar-refractivity contribution is 6.07. The molecule has 1 amide bonds. The number of carbonyl (C=O) groups excluding carboxylic acids is 1. The van der Waals surface area contributed by atoms with E-state index in [1.54, 1.807) is 0 Å². The Labute approximate surface area is 188 Å². The number of hydrogen-bond acceptors (Lipinski definition) is 4. The molecule has 2 bridgehead atoms. The van der Waals surface area contributed by atoms with Crippen molar-refractivity contribution >= 4 is 22.5 Å². The smallest absolute Gasteiger partial charge is 0.272 e. The number of para-hydroxylation sites is 1. The lowest BCUT2D eigenvalue weighted by Crippen LogP contribution is -2.24. The molecule has 2 aliphatic rings. The number of hydrogen-bond donors (Lipinski definition) is 1. The van der Waals surface area contributed by atoms with Crippen LogP contribution in [-0.2, 0) is 0 Å². The van der Waals surface area contributed by atoms with Gasteiger partial charge >= 0.3 is 0 Å². The average molecular weight is 428 g/mol. The average Bonchev–Trinajstić information content (AvgIpc) is 3.46. The molecule has 2 aromatic carbocycles. The van der Waals surface area contributed by atoms with Gasteiger partial charge in [-0.3, -0.25) is 4.79 Å². The van der Waals surface area contributed by atoms with E-state index in [0.29, 0.717) is 18.1 Å². The highest BCUT2D eigenvalue weighted by Gasteiger charge is 2.40. The zero-order chi connectivity index (χ0) is 22.1. The molecule has 5 nitrogen and oxygen atoms in total. The number of amides is 1. The van der Waals surface area contributed by atoms with E-state index < -0.39 is 0 Å². The lowest BCUT2D eigenvalue weighted by molar-refractivity contribution is 0.0956. The SMILES string of the molecule is CCOc1ccc(-c2cc(C(=O)N/N=C(\C)C3CC4CCC3C4)c3ccccc3n2)cc1. The summed E-state index contributed by atoms with van der Waals surface area (Å²) in [6.07, 6.45) is 5.20. The van der Waals surface area contributed by atoms with Crippen molar-refractivity contribution in [1.82, 2.24) is 10.4 Å². The van der Waals surface area contributed by atoms with Crippen molar-refractivity contribution in [3.05, 3.63) is 60.2 Å². The number of aromatic nitrogens is 1. The van der Waals surface area contributed by atoms with Crippen LogP contribution in [0.4, 0.5) is 0 Å². The third-order valence-corrected chi connectivity index (χ3v) is 7.03. The van der Waals surface area contributed by atoms with Gasteiger partial charge in [0.1, 0.15) is 5.75 Å². The highest BCUT2D eigenvalue weighted by atomic mass is 16.5. The Hall–Kier alpha value is -3.21. The number of carbonyl (C=O) groups is 1. The maximum absolute atomic E-state index is 13.2. The summed E-state index contributed by atoms with van der Waals surface area (Å²) in [6, 6.07) is 17.4. The second kappa shape index (κ2) is 8.73. The molecule has 3 aromatic rings. The van der Waals surface area contributed by atoms with Gasteiger partial charge < -0.3 is 4.74 Å². The van der Waals surface area contributed by atoms with Crippen molar-refractivity contribution < 1.29 is 9.53 Å². The maximum atomic E-state index is 13.2. The van der Waals surface area contributed by atoms with Gasteiger partial charge in [0.25, 0.3) is 5.91 Å². The summed E-state index contributed by atoms with van der Waals surface area (Å²) < 4.78 is 5.54. The molecule has 1 aromatic heterocycles. The third-order valence-electron chi connectivity index (χ3n) is 7.03. The van der Waals surface area contributed by atoms with Crippen molar-refractivity contribution in [3.63, 3.8) is 0 Å². The van der Waals surface area contributed by atoms with Crippen LogP contribution in [0.1, 0.15) is 49.9 Å². The first kappa shape index (κ1) is 20.7. The Morgan fingerprint density at radius 1 is 1.12 bits per heavy atom. The molecular formula is C27H29N3O2. The zero-order valence-electron chi connectivity index (χ0n) is 18.7. The number of ether oxygens (including phenoxy) is 1. The van der Waals surface area contributed by atoms with Crippen molar-refractivity contribution in [2.45, 2.75) is 39.5 Å². The molecule has 5 heteroatoms. The van der Waals surface area contributed by atoms with E-state index in [4.69, 9.17) is 9.72 Å². The summed E-state index contributed by atoms with van der Waals surface area (Å²) in [5.74, 6) is 2.74. The van der Waals surface area contributed by atoms with Crippen LogP contribution in [0.2, 0.25) is 0 Å². The molecule has 1 heterocycles. The van der Waals surface area contributed by atoms with E-state index in [0.717, 1.165) is 45.5 Å². The number of hydrazone groups is 1. The van der Waals surface area contributed by atoms with Crippen molar-refractivity contribution in [1.29, 1.82) is 0 Å². The maximum Gasteiger partial charge on any atom is 0.272 e. The fourth-order valence-corrected chi connectivity index (χ4v) is 5.44. The molecule has 5 rings (SSSR count). The molecule has 3 atom stereocenters. The van der Waals surface area contributed by atoms with Gasteiger partial charge in [-0.15, -0.1) is 0 Å². The first-order valence-corrected chi connectivity index (χ1v) is 11.6. The van der Waals surface area contributed by atoms with E-state index in [-0.39, 0.29) is 5.91 Å². The highest BCUT2D eigenvalue weighted by Crippen LogP contribution is 2.48. The summed E-state index contributed by atoms with van der Waals surface area (Å²) in [4.78, 5) is 18.0. The predicted octanol–water partition coefficient (Wildman–Crippen LogP) is 5.84. The number of pyridine rings is 1. The van der Waals surface area contributed by atoms with Crippen LogP contribution in [-0.4, -0.2) is 23.2 Å². The number of rotatable bonds is 6. The van der Waals surface area contributed by atoms with Gasteiger partial charge in [0.2, 0.25) is 0 Å². The number of fused-ring (bicyclic) bond motifs is 3. The molecule has 3 unspecified atom stereocenters. The topological polar surface area (TPSA) is 63.6 Å². The van der Waals surface area contributed by atoms with Gasteiger partial charge in [-0.05, 0) is 81.3 Å². The van der Waals surface area contributed by atoms with Crippen LogP contribution in [0.5, 0.6) is 5.75 Å². The van der Waals surface area contributed by atoms with E-state index in [1.165, 1.54) is 25.7 Å². The molecule has 164 valence electrons. The minimum absolute atomic E-state index is 0.196. The van der Waals surface area contributed by atoms with Crippen molar-refractivity contribution in [3.8, 4) is 17.0 Å². The normalized spacial score (nSPS) is 22.3. The number of nitrogens with zero attached hydrogens (tertiary/aromatic N) is 2. The molecule has 2 aliphatic carbocycles. The van der Waals surface area contributed by atoms with Gasteiger partial charge in [0.05, 0.1) is 23.4 Å². The van der Waals surface area contributed by atoms with E-state index in [1.807, 2.05) is 61.5 Å². The minimum atomic E-state index is -0.196. The Morgan fingerprint density at radius 3 is 2.66 bits per heavy atom.